The van der Waals surface area contributed by atoms with Crippen molar-refractivity contribution in [1.82, 2.24) is 10.2 Å². The van der Waals surface area contributed by atoms with Gasteiger partial charge in [-0.2, -0.15) is 0 Å². The fourth-order valence-electron chi connectivity index (χ4n) is 1.50. The van der Waals surface area contributed by atoms with E-state index in [1.807, 2.05) is 12.1 Å². The summed E-state index contributed by atoms with van der Waals surface area (Å²) in [4.78, 5) is 1.19. The molecule has 0 amide bonds. The van der Waals surface area contributed by atoms with Crippen molar-refractivity contribution in [1.29, 1.82) is 0 Å². The highest BCUT2D eigenvalue weighted by Crippen LogP contribution is 2.26. The first-order valence-corrected chi connectivity index (χ1v) is 6.51. The third kappa shape index (κ3) is 3.01. The Morgan fingerprint density at radius 1 is 1.29 bits per heavy atom. The summed E-state index contributed by atoms with van der Waals surface area (Å²) in [6.07, 6.45) is 0.938. The third-order valence-electron chi connectivity index (χ3n) is 2.45. The lowest BCUT2D eigenvalue weighted by Crippen LogP contribution is -2.09. The molecule has 2 aromatic rings. The van der Waals surface area contributed by atoms with Crippen molar-refractivity contribution in [2.75, 3.05) is 18.4 Å². The zero-order valence-corrected chi connectivity index (χ0v) is 10.6. The van der Waals surface area contributed by atoms with Gasteiger partial charge in [0, 0.05) is 6.54 Å². The van der Waals surface area contributed by atoms with Crippen LogP contribution in [0.2, 0.25) is 0 Å². The van der Waals surface area contributed by atoms with E-state index in [2.05, 4.69) is 33.9 Å². The van der Waals surface area contributed by atoms with Crippen molar-refractivity contribution >= 4 is 17.2 Å². The fraction of sp³-hybridized carbons (Fsp3) is 0.333. The van der Waals surface area contributed by atoms with E-state index >= 15 is 0 Å². The lowest BCUT2D eigenvalue weighted by atomic mass is 10.2. The van der Waals surface area contributed by atoms with Crippen LogP contribution in [0.4, 0.5) is 5.82 Å². The predicted octanol–water partition coefficient (Wildman–Crippen LogP) is 2.27. The molecule has 2 rings (SSSR count). The van der Waals surface area contributed by atoms with E-state index in [1.165, 1.54) is 10.4 Å². The molecule has 17 heavy (non-hydrogen) atoms. The van der Waals surface area contributed by atoms with Gasteiger partial charge in [0.1, 0.15) is 11.5 Å². The summed E-state index contributed by atoms with van der Waals surface area (Å²) >= 11 is 1.69. The minimum absolute atomic E-state index is 0.687. The lowest BCUT2D eigenvalue weighted by Gasteiger charge is -2.04. The van der Waals surface area contributed by atoms with Crippen LogP contribution in [0.15, 0.2) is 23.6 Å². The normalized spacial score (nSPS) is 10.5. The van der Waals surface area contributed by atoms with Crippen molar-refractivity contribution in [2.45, 2.75) is 13.3 Å². The van der Waals surface area contributed by atoms with Gasteiger partial charge in [-0.05, 0) is 49.0 Å². The summed E-state index contributed by atoms with van der Waals surface area (Å²) in [6.45, 7) is 3.61. The number of rotatable bonds is 5. The van der Waals surface area contributed by atoms with Crippen LogP contribution in [-0.2, 0) is 0 Å². The molecule has 0 unspecified atom stereocenters. The quantitative estimate of drug-likeness (QED) is 0.797. The van der Waals surface area contributed by atoms with Crippen molar-refractivity contribution in [2.24, 2.45) is 5.73 Å². The number of nitrogens with one attached hydrogen (secondary N) is 1. The van der Waals surface area contributed by atoms with E-state index in [9.17, 15) is 0 Å². The minimum atomic E-state index is 0.687. The number of aryl methyl sites for hydroxylation is 1. The Morgan fingerprint density at radius 3 is 2.76 bits per heavy atom. The van der Waals surface area contributed by atoms with Crippen molar-refractivity contribution in [3.8, 4) is 10.6 Å². The molecule has 5 heteroatoms. The summed E-state index contributed by atoms with van der Waals surface area (Å²) in [5.41, 5.74) is 7.60. The number of hydrogen-bond donors (Lipinski definition) is 2. The molecule has 0 saturated carbocycles. The summed E-state index contributed by atoms with van der Waals surface area (Å²) in [5.74, 6) is 0.802. The molecule has 0 aliphatic carbocycles. The lowest BCUT2D eigenvalue weighted by molar-refractivity contribution is 0.864. The SMILES string of the molecule is Cc1ccsc1-c1ccc(NCCCN)nn1. The summed E-state index contributed by atoms with van der Waals surface area (Å²) in [6, 6.07) is 6.05. The molecule has 4 nitrogen and oxygen atoms in total. The topological polar surface area (TPSA) is 63.8 Å². The highest BCUT2D eigenvalue weighted by atomic mass is 32.1. The highest BCUT2D eigenvalue weighted by molar-refractivity contribution is 7.13. The molecule has 0 fully saturated rings. The molecule has 2 aromatic heterocycles. The largest absolute Gasteiger partial charge is 0.369 e. The van der Waals surface area contributed by atoms with E-state index in [4.69, 9.17) is 5.73 Å². The van der Waals surface area contributed by atoms with Gasteiger partial charge in [0.25, 0.3) is 0 Å². The molecule has 90 valence electrons. The van der Waals surface area contributed by atoms with E-state index in [-0.39, 0.29) is 0 Å². The fourth-order valence-corrected chi connectivity index (χ4v) is 2.39. The van der Waals surface area contributed by atoms with Crippen LogP contribution < -0.4 is 11.1 Å². The Balaban J connectivity index is 2.06. The third-order valence-corrected chi connectivity index (χ3v) is 3.49. The molecule has 0 aromatic carbocycles. The average Bonchev–Trinajstić information content (AvgIpc) is 2.77. The second kappa shape index (κ2) is 5.75. The maximum atomic E-state index is 5.42. The van der Waals surface area contributed by atoms with E-state index < -0.39 is 0 Å². The van der Waals surface area contributed by atoms with Crippen LogP contribution in [-0.4, -0.2) is 23.3 Å². The Hall–Kier alpha value is -1.46. The first-order valence-electron chi connectivity index (χ1n) is 5.63. The maximum Gasteiger partial charge on any atom is 0.148 e. The molecule has 0 aliphatic rings. The zero-order valence-electron chi connectivity index (χ0n) is 9.81. The van der Waals surface area contributed by atoms with Crippen LogP contribution in [0.1, 0.15) is 12.0 Å². The molecular formula is C12H16N4S. The van der Waals surface area contributed by atoms with Gasteiger partial charge in [0.05, 0.1) is 4.88 Å². The van der Waals surface area contributed by atoms with Gasteiger partial charge in [-0.3, -0.25) is 0 Å². The van der Waals surface area contributed by atoms with Gasteiger partial charge in [-0.1, -0.05) is 0 Å². The first-order chi connectivity index (χ1) is 8.31. The monoisotopic (exact) mass is 248 g/mol. The molecule has 0 saturated heterocycles. The van der Waals surface area contributed by atoms with Crippen LogP contribution in [0, 0.1) is 6.92 Å². The van der Waals surface area contributed by atoms with E-state index in [0.717, 1.165) is 24.5 Å². The van der Waals surface area contributed by atoms with Crippen LogP contribution in [0.5, 0.6) is 0 Å². The molecule has 2 heterocycles. The van der Waals surface area contributed by atoms with Gasteiger partial charge in [0.2, 0.25) is 0 Å². The molecule has 3 N–H and O–H groups in total. The molecule has 0 bridgehead atoms. The van der Waals surface area contributed by atoms with Gasteiger partial charge in [-0.25, -0.2) is 0 Å². The van der Waals surface area contributed by atoms with Crippen LogP contribution in [0.3, 0.4) is 0 Å². The Morgan fingerprint density at radius 2 is 2.18 bits per heavy atom. The number of aromatic nitrogens is 2. The molecule has 0 atom stereocenters. The van der Waals surface area contributed by atoms with Gasteiger partial charge >= 0.3 is 0 Å². The number of anilines is 1. The van der Waals surface area contributed by atoms with Crippen LogP contribution in [0.25, 0.3) is 10.6 Å². The first kappa shape index (κ1) is 12.0. The standard InChI is InChI=1S/C12H16N4S/c1-9-5-8-17-12(9)10-3-4-11(16-15-10)14-7-2-6-13/h3-5,8H,2,6-7,13H2,1H3,(H,14,16). The van der Waals surface area contributed by atoms with E-state index in [1.54, 1.807) is 11.3 Å². The van der Waals surface area contributed by atoms with Gasteiger partial charge in [-0.15, -0.1) is 21.5 Å². The molecule has 0 radical (unpaired) electrons. The summed E-state index contributed by atoms with van der Waals surface area (Å²) in [7, 11) is 0. The summed E-state index contributed by atoms with van der Waals surface area (Å²) < 4.78 is 0. The minimum Gasteiger partial charge on any atom is -0.369 e. The second-order valence-electron chi connectivity index (χ2n) is 3.81. The number of nitrogens with two attached hydrogens (primary N) is 1. The summed E-state index contributed by atoms with van der Waals surface area (Å²) in [5, 5.41) is 13.6. The Kier molecular flexibility index (Phi) is 4.06. The zero-order chi connectivity index (χ0) is 12.1. The van der Waals surface area contributed by atoms with E-state index in [0.29, 0.717) is 6.54 Å². The highest BCUT2D eigenvalue weighted by Gasteiger charge is 2.05. The predicted molar refractivity (Wildman–Crippen MR) is 72.2 cm³/mol. The Bertz CT molecular complexity index is 464. The smallest absolute Gasteiger partial charge is 0.148 e. The average molecular weight is 248 g/mol. The van der Waals surface area contributed by atoms with Crippen molar-refractivity contribution in [3.05, 3.63) is 29.1 Å². The number of hydrogen-bond acceptors (Lipinski definition) is 5. The van der Waals surface area contributed by atoms with Gasteiger partial charge < -0.3 is 11.1 Å². The number of thiophene rings is 1. The maximum absolute atomic E-state index is 5.42. The van der Waals surface area contributed by atoms with Crippen molar-refractivity contribution < 1.29 is 0 Å². The Labute approximate surface area is 105 Å². The molecule has 0 spiro atoms. The second-order valence-corrected chi connectivity index (χ2v) is 4.72. The number of nitrogens with zero attached hydrogens (tertiary/aromatic N) is 2. The van der Waals surface area contributed by atoms with Crippen molar-refractivity contribution in [3.63, 3.8) is 0 Å². The molecular weight excluding hydrogens is 232 g/mol. The van der Waals surface area contributed by atoms with Crippen LogP contribution >= 0.6 is 11.3 Å². The van der Waals surface area contributed by atoms with Gasteiger partial charge in [0.15, 0.2) is 0 Å². The molecule has 0 aliphatic heterocycles.